The van der Waals surface area contributed by atoms with Crippen LogP contribution in [-0.4, -0.2) is 11.8 Å². The number of carbonyl (C=O) groups is 2. The summed E-state index contributed by atoms with van der Waals surface area (Å²) in [4.78, 5) is 27.8. The van der Waals surface area contributed by atoms with Gasteiger partial charge in [-0.15, -0.1) is 6.42 Å². The zero-order valence-electron chi connectivity index (χ0n) is 21.1. The maximum atomic E-state index is 14.3. The van der Waals surface area contributed by atoms with E-state index < -0.39 is 17.4 Å². The predicted molar refractivity (Wildman–Crippen MR) is 161 cm³/mol. The van der Waals surface area contributed by atoms with Gasteiger partial charge in [-0.25, -0.2) is 0 Å². The molecule has 0 radical (unpaired) electrons. The Morgan fingerprint density at radius 2 is 1.90 bits per heavy atom. The number of allylic oxidation sites excluding steroid dienone is 4. The van der Waals surface area contributed by atoms with Gasteiger partial charge in [0.25, 0.3) is 0 Å². The molecule has 40 heavy (non-hydrogen) atoms. The number of nitrogens with one attached hydrogen (secondary N) is 2. The normalized spacial score (nSPS) is 25.1. The molecule has 2 aliphatic heterocycles. The molecule has 2 heterocycles. The molecule has 2 N–H and O–H groups in total. The fraction of sp³-hybridized carbons (Fsp3) is 0.188. The lowest BCUT2D eigenvalue weighted by molar-refractivity contribution is -0.135. The third-order valence-electron chi connectivity index (χ3n) is 7.90. The number of halogens is 3. The van der Waals surface area contributed by atoms with Gasteiger partial charge in [0.2, 0.25) is 11.8 Å². The van der Waals surface area contributed by atoms with Crippen molar-refractivity contribution in [2.45, 2.75) is 24.3 Å². The maximum absolute atomic E-state index is 14.3. The summed E-state index contributed by atoms with van der Waals surface area (Å²) in [6.45, 7) is 0. The van der Waals surface area contributed by atoms with Crippen LogP contribution in [0.5, 0.6) is 11.5 Å². The van der Waals surface area contributed by atoms with Gasteiger partial charge in [0, 0.05) is 37.8 Å². The van der Waals surface area contributed by atoms with Crippen LogP contribution in [0.1, 0.15) is 35.6 Å². The largest absolute Gasteiger partial charge is 0.457 e. The molecule has 3 aliphatic rings. The molecule has 8 heteroatoms. The van der Waals surface area contributed by atoms with E-state index in [0.29, 0.717) is 44.8 Å². The van der Waals surface area contributed by atoms with Crippen LogP contribution >= 0.6 is 39.1 Å². The number of carbonyl (C=O) groups excluding carboxylic acids is 2. The molecule has 0 saturated carbocycles. The molecule has 3 aromatic carbocycles. The Kier molecular flexibility index (Phi) is 7.00. The highest BCUT2D eigenvalue weighted by Crippen LogP contribution is 2.58. The third-order valence-corrected chi connectivity index (χ3v) is 8.90. The van der Waals surface area contributed by atoms with E-state index in [2.05, 4.69) is 32.5 Å². The highest BCUT2D eigenvalue weighted by atomic mass is 79.9. The summed E-state index contributed by atoms with van der Waals surface area (Å²) in [5, 5.41) is 7.43. The van der Waals surface area contributed by atoms with Gasteiger partial charge in [-0.05, 0) is 78.4 Å². The van der Waals surface area contributed by atoms with Gasteiger partial charge in [0.1, 0.15) is 16.9 Å². The number of rotatable bonds is 4. The predicted octanol–water partition coefficient (Wildman–Crippen LogP) is 7.64. The molecule has 3 aromatic rings. The minimum Gasteiger partial charge on any atom is -0.457 e. The molecule has 6 rings (SSSR count). The average Bonchev–Trinajstić information content (AvgIpc) is 3.21. The van der Waals surface area contributed by atoms with Gasteiger partial charge in [0.15, 0.2) is 0 Å². The first-order chi connectivity index (χ1) is 19.3. The SMILES string of the molecule is C#Cc1cccc(Oc2ccc(Br)cc2[C@H]2NC(=O)C[C@@H](C3C=CC=C(Cl)C3)[C@]23C(=O)Nc2cc(Cl)ccc23)c1. The smallest absolute Gasteiger partial charge is 0.237 e. The maximum Gasteiger partial charge on any atom is 0.237 e. The highest BCUT2D eigenvalue weighted by molar-refractivity contribution is 9.10. The molecular formula is C32H23BrCl2N2O3. The zero-order valence-corrected chi connectivity index (χ0v) is 24.2. The van der Waals surface area contributed by atoms with Crippen LogP contribution in [0.25, 0.3) is 0 Å². The van der Waals surface area contributed by atoms with Crippen LogP contribution in [0.2, 0.25) is 5.02 Å². The van der Waals surface area contributed by atoms with E-state index in [9.17, 15) is 9.59 Å². The standard InChI is InChI=1S/C32H23BrCl2N2O3/c1-2-18-5-3-8-23(13-18)40-28-12-9-20(33)15-24(28)30-32(25-11-10-22(35)16-27(25)36-31(32)39)26(17-29(38)37-30)19-6-4-7-21(34)14-19/h1,3-13,15-16,19,26,30H,14,17H2,(H,36,39)(H,37,38)/t19?,26-,30+,32-/m0/s1. The molecule has 1 fully saturated rings. The summed E-state index contributed by atoms with van der Waals surface area (Å²) < 4.78 is 7.15. The number of hydrogen-bond donors (Lipinski definition) is 2. The Bertz CT molecular complexity index is 1660. The molecular weight excluding hydrogens is 611 g/mol. The Morgan fingerprint density at radius 1 is 1.05 bits per heavy atom. The number of fused-ring (bicyclic) bond motifs is 2. The first kappa shape index (κ1) is 26.7. The Hall–Kier alpha value is -3.50. The molecule has 2 amide bonds. The van der Waals surface area contributed by atoms with Crippen molar-refractivity contribution in [2.75, 3.05) is 5.32 Å². The Morgan fingerprint density at radius 3 is 2.70 bits per heavy atom. The monoisotopic (exact) mass is 632 g/mol. The van der Waals surface area contributed by atoms with Gasteiger partial charge < -0.3 is 15.4 Å². The van der Waals surface area contributed by atoms with Crippen LogP contribution in [0.3, 0.4) is 0 Å². The van der Waals surface area contributed by atoms with E-state index in [1.165, 1.54) is 0 Å². The van der Waals surface area contributed by atoms with Crippen LogP contribution < -0.4 is 15.4 Å². The van der Waals surface area contributed by atoms with E-state index >= 15 is 0 Å². The number of hydrogen-bond acceptors (Lipinski definition) is 3. The van der Waals surface area contributed by atoms with Crippen molar-refractivity contribution in [3.05, 3.63) is 110 Å². The van der Waals surface area contributed by atoms with Crippen molar-refractivity contribution in [3.63, 3.8) is 0 Å². The van der Waals surface area contributed by atoms with E-state index in [0.717, 1.165) is 10.0 Å². The van der Waals surface area contributed by atoms with Crippen LogP contribution in [0.4, 0.5) is 5.69 Å². The quantitative estimate of drug-likeness (QED) is 0.290. The summed E-state index contributed by atoms with van der Waals surface area (Å²) in [6.07, 6.45) is 12.1. The van der Waals surface area contributed by atoms with E-state index in [1.54, 1.807) is 18.2 Å². The van der Waals surface area contributed by atoms with Gasteiger partial charge in [-0.3, -0.25) is 9.59 Å². The van der Waals surface area contributed by atoms with Crippen LogP contribution in [0, 0.1) is 24.2 Å². The van der Waals surface area contributed by atoms with Crippen molar-refractivity contribution in [3.8, 4) is 23.8 Å². The molecule has 1 saturated heterocycles. The van der Waals surface area contributed by atoms with Gasteiger partial charge in [-0.2, -0.15) is 0 Å². The first-order valence-electron chi connectivity index (χ1n) is 12.8. The molecule has 1 aliphatic carbocycles. The minimum atomic E-state index is -1.17. The zero-order chi connectivity index (χ0) is 28.0. The van der Waals surface area contributed by atoms with Crippen molar-refractivity contribution in [2.24, 2.45) is 11.8 Å². The second-order valence-corrected chi connectivity index (χ2v) is 12.0. The van der Waals surface area contributed by atoms with Crippen molar-refractivity contribution in [1.29, 1.82) is 0 Å². The number of benzene rings is 3. The van der Waals surface area contributed by atoms with Gasteiger partial charge in [0.05, 0.1) is 6.04 Å². The molecule has 0 bridgehead atoms. The number of ether oxygens (including phenoxy) is 1. The first-order valence-corrected chi connectivity index (χ1v) is 14.3. The molecule has 200 valence electrons. The summed E-state index contributed by atoms with van der Waals surface area (Å²) in [6, 6.07) is 17.4. The average molecular weight is 634 g/mol. The summed E-state index contributed by atoms with van der Waals surface area (Å²) in [7, 11) is 0. The topological polar surface area (TPSA) is 67.4 Å². The van der Waals surface area contributed by atoms with E-state index in [1.807, 2.05) is 60.7 Å². The van der Waals surface area contributed by atoms with Crippen LogP contribution in [0.15, 0.2) is 88.4 Å². The number of piperidine rings is 1. The fourth-order valence-corrected chi connectivity index (χ4v) is 7.06. The lowest BCUT2D eigenvalue weighted by atomic mass is 9.57. The summed E-state index contributed by atoms with van der Waals surface area (Å²) >= 11 is 16.4. The summed E-state index contributed by atoms with van der Waals surface area (Å²) in [5.41, 5.74) is 1.56. The minimum absolute atomic E-state index is 0.151. The Balaban J connectivity index is 1.56. The lowest BCUT2D eigenvalue weighted by Gasteiger charge is -2.49. The van der Waals surface area contributed by atoms with Gasteiger partial charge >= 0.3 is 0 Å². The number of amides is 2. The van der Waals surface area contributed by atoms with Crippen molar-refractivity contribution >= 4 is 56.6 Å². The molecule has 1 unspecified atom stereocenters. The second-order valence-electron chi connectivity index (χ2n) is 10.1. The van der Waals surface area contributed by atoms with Crippen molar-refractivity contribution < 1.29 is 14.3 Å². The van der Waals surface area contributed by atoms with Crippen LogP contribution in [-0.2, 0) is 15.0 Å². The summed E-state index contributed by atoms with van der Waals surface area (Å²) in [5.74, 6) is 2.75. The molecule has 1 spiro atoms. The molecule has 5 nitrogen and oxygen atoms in total. The number of terminal acetylenes is 1. The second kappa shape index (κ2) is 10.5. The number of anilines is 1. The Labute approximate surface area is 250 Å². The molecule has 0 aromatic heterocycles. The van der Waals surface area contributed by atoms with Gasteiger partial charge in [-0.1, -0.05) is 69.3 Å². The van der Waals surface area contributed by atoms with E-state index in [-0.39, 0.29) is 24.2 Å². The highest BCUT2D eigenvalue weighted by Gasteiger charge is 2.62. The third kappa shape index (κ3) is 4.53. The molecule has 4 atom stereocenters. The fourth-order valence-electron chi connectivity index (χ4n) is 6.26. The van der Waals surface area contributed by atoms with E-state index in [4.69, 9.17) is 34.4 Å². The lowest BCUT2D eigenvalue weighted by Crippen LogP contribution is -2.59. The van der Waals surface area contributed by atoms with Crippen molar-refractivity contribution in [1.82, 2.24) is 5.32 Å².